The van der Waals surface area contributed by atoms with Crippen LogP contribution >= 0.6 is 12.6 Å². The molecule has 0 bridgehead atoms. The highest BCUT2D eigenvalue weighted by Gasteiger charge is 2.17. The van der Waals surface area contributed by atoms with E-state index in [1.807, 2.05) is 30.3 Å². The highest BCUT2D eigenvalue weighted by atomic mass is 32.1. The Bertz CT molecular complexity index is 526. The van der Waals surface area contributed by atoms with Gasteiger partial charge >= 0.3 is 0 Å². The largest absolute Gasteiger partial charge is 0.504 e. The monoisotopic (exact) mass is 248 g/mol. The van der Waals surface area contributed by atoms with Gasteiger partial charge in [-0.25, -0.2) is 0 Å². The lowest BCUT2D eigenvalue weighted by Gasteiger charge is -2.14. The minimum atomic E-state index is -0.516. The molecule has 0 fully saturated rings. The smallest absolute Gasteiger partial charge is 0.200 e. The van der Waals surface area contributed by atoms with E-state index >= 15 is 0 Å². The van der Waals surface area contributed by atoms with E-state index in [1.165, 1.54) is 12.1 Å². The van der Waals surface area contributed by atoms with Crippen LogP contribution in [-0.4, -0.2) is 15.3 Å². The van der Waals surface area contributed by atoms with E-state index in [0.717, 1.165) is 5.56 Å². The summed E-state index contributed by atoms with van der Waals surface area (Å²) in [6.07, 6.45) is 0. The van der Waals surface area contributed by atoms with Crippen molar-refractivity contribution in [2.24, 2.45) is 0 Å². The van der Waals surface area contributed by atoms with Gasteiger partial charge in [0, 0.05) is 5.56 Å². The minimum Gasteiger partial charge on any atom is -0.504 e. The highest BCUT2D eigenvalue weighted by molar-refractivity contribution is 7.80. The molecule has 0 saturated carbocycles. The lowest BCUT2D eigenvalue weighted by Crippen LogP contribution is -1.93. The van der Waals surface area contributed by atoms with Crippen LogP contribution in [0.1, 0.15) is 16.4 Å². The topological polar surface area (TPSA) is 60.7 Å². The molecular formula is C13H12O3S. The van der Waals surface area contributed by atoms with Gasteiger partial charge in [-0.1, -0.05) is 30.3 Å². The molecule has 0 amide bonds. The number of rotatable bonds is 2. The minimum absolute atomic E-state index is 0.339. The van der Waals surface area contributed by atoms with Crippen LogP contribution in [-0.2, 0) is 0 Å². The van der Waals surface area contributed by atoms with Gasteiger partial charge in [0.2, 0.25) is 5.75 Å². The number of phenolic OH excluding ortho intramolecular Hbond substituents is 3. The van der Waals surface area contributed by atoms with Crippen molar-refractivity contribution in [3.63, 3.8) is 0 Å². The van der Waals surface area contributed by atoms with Crippen molar-refractivity contribution in [2.45, 2.75) is 5.25 Å². The summed E-state index contributed by atoms with van der Waals surface area (Å²) in [4.78, 5) is 0. The molecule has 4 heteroatoms. The summed E-state index contributed by atoms with van der Waals surface area (Å²) in [6.45, 7) is 0. The Labute approximate surface area is 104 Å². The van der Waals surface area contributed by atoms with Gasteiger partial charge in [0.15, 0.2) is 11.5 Å². The van der Waals surface area contributed by atoms with Crippen molar-refractivity contribution >= 4 is 12.6 Å². The van der Waals surface area contributed by atoms with Gasteiger partial charge < -0.3 is 15.3 Å². The molecular weight excluding hydrogens is 236 g/mol. The van der Waals surface area contributed by atoms with E-state index in [1.54, 1.807) is 0 Å². The Morgan fingerprint density at radius 1 is 0.824 bits per heavy atom. The molecule has 2 rings (SSSR count). The SMILES string of the molecule is Oc1ccc(C(S)c2ccccc2)c(O)c1O. The van der Waals surface area contributed by atoms with Crippen LogP contribution in [0.3, 0.4) is 0 Å². The fourth-order valence-electron chi connectivity index (χ4n) is 1.62. The molecule has 0 aliphatic heterocycles. The third-order valence-electron chi connectivity index (χ3n) is 2.57. The summed E-state index contributed by atoms with van der Waals surface area (Å²) in [6, 6.07) is 12.2. The normalized spacial score (nSPS) is 12.3. The molecule has 0 spiro atoms. The van der Waals surface area contributed by atoms with Crippen LogP contribution in [0.15, 0.2) is 42.5 Å². The molecule has 3 N–H and O–H groups in total. The van der Waals surface area contributed by atoms with Crippen molar-refractivity contribution in [1.29, 1.82) is 0 Å². The maximum atomic E-state index is 9.75. The third-order valence-corrected chi connectivity index (χ3v) is 3.15. The van der Waals surface area contributed by atoms with Crippen LogP contribution in [0.25, 0.3) is 0 Å². The van der Waals surface area contributed by atoms with Crippen molar-refractivity contribution in [3.05, 3.63) is 53.6 Å². The molecule has 2 aromatic carbocycles. The Morgan fingerprint density at radius 3 is 2.12 bits per heavy atom. The summed E-state index contributed by atoms with van der Waals surface area (Å²) < 4.78 is 0. The number of thiol groups is 1. The van der Waals surface area contributed by atoms with E-state index in [0.29, 0.717) is 5.56 Å². The maximum absolute atomic E-state index is 9.75. The van der Waals surface area contributed by atoms with Crippen molar-refractivity contribution in [2.75, 3.05) is 0 Å². The Kier molecular flexibility index (Phi) is 3.15. The van der Waals surface area contributed by atoms with Crippen LogP contribution in [0.5, 0.6) is 17.2 Å². The van der Waals surface area contributed by atoms with Gasteiger partial charge in [-0.05, 0) is 17.7 Å². The molecule has 0 saturated heterocycles. The fourth-order valence-corrected chi connectivity index (χ4v) is 2.00. The van der Waals surface area contributed by atoms with Crippen molar-refractivity contribution in [3.8, 4) is 17.2 Å². The predicted molar refractivity (Wildman–Crippen MR) is 68.7 cm³/mol. The number of phenols is 3. The van der Waals surface area contributed by atoms with E-state index < -0.39 is 5.75 Å². The zero-order chi connectivity index (χ0) is 12.4. The number of hydrogen-bond donors (Lipinski definition) is 4. The summed E-state index contributed by atoms with van der Waals surface area (Å²) in [5.41, 5.74) is 1.35. The summed E-state index contributed by atoms with van der Waals surface area (Å²) in [5.74, 6) is -1.20. The zero-order valence-corrected chi connectivity index (χ0v) is 9.80. The second kappa shape index (κ2) is 4.59. The van der Waals surface area contributed by atoms with Gasteiger partial charge in [0.25, 0.3) is 0 Å². The first-order valence-corrected chi connectivity index (χ1v) is 5.59. The molecule has 0 aliphatic rings. The molecule has 88 valence electrons. The molecule has 0 heterocycles. The Balaban J connectivity index is 2.45. The second-order valence-corrected chi connectivity index (χ2v) is 4.20. The first kappa shape index (κ1) is 11.7. The fraction of sp³-hybridized carbons (Fsp3) is 0.0769. The quantitative estimate of drug-likeness (QED) is 0.488. The Hall–Kier alpha value is -1.81. The van der Waals surface area contributed by atoms with Gasteiger partial charge in [-0.2, -0.15) is 12.6 Å². The molecule has 2 aromatic rings. The van der Waals surface area contributed by atoms with Crippen LogP contribution < -0.4 is 0 Å². The van der Waals surface area contributed by atoms with Crippen molar-refractivity contribution in [1.82, 2.24) is 0 Å². The van der Waals surface area contributed by atoms with Crippen LogP contribution in [0.2, 0.25) is 0 Å². The van der Waals surface area contributed by atoms with E-state index in [2.05, 4.69) is 12.6 Å². The molecule has 1 atom stereocenters. The average molecular weight is 248 g/mol. The molecule has 0 radical (unpaired) electrons. The van der Waals surface area contributed by atoms with Gasteiger partial charge in [0.1, 0.15) is 0 Å². The van der Waals surface area contributed by atoms with E-state index in [4.69, 9.17) is 0 Å². The maximum Gasteiger partial charge on any atom is 0.200 e. The summed E-state index contributed by atoms with van der Waals surface area (Å²) in [7, 11) is 0. The summed E-state index contributed by atoms with van der Waals surface area (Å²) >= 11 is 4.41. The molecule has 1 unspecified atom stereocenters. The second-order valence-electron chi connectivity index (χ2n) is 3.68. The van der Waals surface area contributed by atoms with E-state index in [9.17, 15) is 15.3 Å². The number of benzene rings is 2. The van der Waals surface area contributed by atoms with E-state index in [-0.39, 0.29) is 16.7 Å². The molecule has 17 heavy (non-hydrogen) atoms. The lowest BCUT2D eigenvalue weighted by atomic mass is 10.0. The first-order chi connectivity index (χ1) is 8.11. The summed E-state index contributed by atoms with van der Waals surface area (Å²) in [5, 5.41) is 28.1. The van der Waals surface area contributed by atoms with Gasteiger partial charge in [0.05, 0.1) is 5.25 Å². The number of hydrogen-bond acceptors (Lipinski definition) is 4. The Morgan fingerprint density at radius 2 is 1.47 bits per heavy atom. The van der Waals surface area contributed by atoms with Crippen LogP contribution in [0.4, 0.5) is 0 Å². The van der Waals surface area contributed by atoms with Crippen LogP contribution in [0, 0.1) is 0 Å². The van der Waals surface area contributed by atoms with Gasteiger partial charge in [-0.3, -0.25) is 0 Å². The lowest BCUT2D eigenvalue weighted by molar-refractivity contribution is 0.365. The molecule has 0 aliphatic carbocycles. The first-order valence-electron chi connectivity index (χ1n) is 5.08. The average Bonchev–Trinajstić information content (AvgIpc) is 2.36. The standard InChI is InChI=1S/C13H12O3S/c14-10-7-6-9(11(15)12(10)16)13(17)8-4-2-1-3-5-8/h1-7,13-17H. The number of aromatic hydroxyl groups is 3. The zero-order valence-electron chi connectivity index (χ0n) is 8.91. The van der Waals surface area contributed by atoms with Crippen molar-refractivity contribution < 1.29 is 15.3 Å². The predicted octanol–water partition coefficient (Wildman–Crippen LogP) is 2.82. The third kappa shape index (κ3) is 2.17. The molecule has 3 nitrogen and oxygen atoms in total. The van der Waals surface area contributed by atoms with Gasteiger partial charge in [-0.15, -0.1) is 0 Å². The highest BCUT2D eigenvalue weighted by Crippen LogP contribution is 2.43. The molecule has 0 aromatic heterocycles.